The van der Waals surface area contributed by atoms with Gasteiger partial charge in [-0.15, -0.1) is 0 Å². The lowest BCUT2D eigenvalue weighted by atomic mass is 10.1. The lowest BCUT2D eigenvalue weighted by Crippen LogP contribution is -2.42. The Kier molecular flexibility index (Phi) is 4.64. The molecule has 0 radical (unpaired) electrons. The molecule has 2 fully saturated rings. The molecule has 0 bridgehead atoms. The summed E-state index contributed by atoms with van der Waals surface area (Å²) in [6.45, 7) is 0.276. The van der Waals surface area contributed by atoms with Gasteiger partial charge in [0.1, 0.15) is 5.82 Å². The van der Waals surface area contributed by atoms with Gasteiger partial charge in [-0.05, 0) is 41.8 Å². The molecular formula is C19H18FN3O4S. The van der Waals surface area contributed by atoms with Crippen LogP contribution in [0.4, 0.5) is 9.18 Å². The van der Waals surface area contributed by atoms with E-state index in [0.29, 0.717) is 6.42 Å². The molecule has 0 aromatic heterocycles. The second-order valence-corrected chi connectivity index (χ2v) is 8.70. The molecule has 4 rings (SSSR count). The fourth-order valence-corrected chi connectivity index (χ4v) is 5.05. The summed E-state index contributed by atoms with van der Waals surface area (Å²) >= 11 is 0. The molecule has 2 heterocycles. The second-order valence-electron chi connectivity index (χ2n) is 6.76. The normalized spacial score (nSPS) is 20.6. The van der Waals surface area contributed by atoms with E-state index in [1.165, 1.54) is 28.6 Å². The molecule has 1 atom stereocenters. The van der Waals surface area contributed by atoms with E-state index in [1.54, 1.807) is 24.3 Å². The van der Waals surface area contributed by atoms with Crippen LogP contribution in [0.15, 0.2) is 53.4 Å². The monoisotopic (exact) mass is 403 g/mol. The minimum absolute atomic E-state index is 0.0487. The smallest absolute Gasteiger partial charge is 0.324 e. The van der Waals surface area contributed by atoms with Crippen LogP contribution in [0, 0.1) is 5.82 Å². The first-order valence-corrected chi connectivity index (χ1v) is 10.3. The highest BCUT2D eigenvalue weighted by Crippen LogP contribution is 2.27. The van der Waals surface area contributed by atoms with Crippen LogP contribution in [0.2, 0.25) is 0 Å². The number of halogens is 1. The topological polar surface area (TPSA) is 86.8 Å². The summed E-state index contributed by atoms with van der Waals surface area (Å²) in [6, 6.07) is 11.4. The fourth-order valence-electron chi connectivity index (χ4n) is 3.55. The number of benzene rings is 2. The summed E-state index contributed by atoms with van der Waals surface area (Å²) in [7, 11) is -3.74. The maximum atomic E-state index is 13.1. The van der Waals surface area contributed by atoms with Crippen molar-refractivity contribution in [1.82, 2.24) is 14.5 Å². The number of hydrogen-bond donors (Lipinski definition) is 1. The van der Waals surface area contributed by atoms with Gasteiger partial charge in [0.15, 0.2) is 0 Å². The molecule has 0 spiro atoms. The number of hydrogen-bond acceptors (Lipinski definition) is 4. The van der Waals surface area contributed by atoms with E-state index in [4.69, 9.17) is 0 Å². The van der Waals surface area contributed by atoms with Crippen LogP contribution in [-0.4, -0.2) is 55.2 Å². The maximum absolute atomic E-state index is 13.1. The lowest BCUT2D eigenvalue weighted by molar-refractivity contribution is -0.126. The van der Waals surface area contributed by atoms with Crippen molar-refractivity contribution in [2.24, 2.45) is 0 Å². The molecule has 9 heteroatoms. The zero-order valence-corrected chi connectivity index (χ0v) is 15.7. The minimum Gasteiger partial charge on any atom is -0.329 e. The summed E-state index contributed by atoms with van der Waals surface area (Å²) < 4.78 is 40.2. The Labute approximate surface area is 161 Å². The molecule has 146 valence electrons. The van der Waals surface area contributed by atoms with Crippen LogP contribution in [0.3, 0.4) is 0 Å². The Morgan fingerprint density at radius 2 is 1.57 bits per heavy atom. The van der Waals surface area contributed by atoms with Gasteiger partial charge in [-0.3, -0.25) is 9.69 Å². The molecule has 2 aliphatic rings. The SMILES string of the molecule is O=C1CNC(=O)N1C1CCN(S(=O)(=O)c2ccc(-c3ccc(F)cc3)cc2)C1. The predicted molar refractivity (Wildman–Crippen MR) is 99.2 cm³/mol. The molecule has 2 aliphatic heterocycles. The number of urea groups is 1. The standard InChI is InChI=1S/C19H18FN3O4S/c20-15-5-1-13(2-6-15)14-3-7-17(8-4-14)28(26,27)22-10-9-16(12-22)23-18(24)11-21-19(23)25/h1-8,16H,9-12H2,(H,21,25). The first kappa shape index (κ1) is 18.6. The van der Waals surface area contributed by atoms with Crippen LogP contribution in [0.5, 0.6) is 0 Å². The van der Waals surface area contributed by atoms with Gasteiger partial charge in [0.25, 0.3) is 0 Å². The van der Waals surface area contributed by atoms with E-state index in [1.807, 2.05) is 0 Å². The molecular weight excluding hydrogens is 385 g/mol. The third kappa shape index (κ3) is 3.27. The van der Waals surface area contributed by atoms with Crippen LogP contribution >= 0.6 is 0 Å². The van der Waals surface area contributed by atoms with Crippen LogP contribution in [0.25, 0.3) is 11.1 Å². The molecule has 2 aromatic carbocycles. The second kappa shape index (κ2) is 6.99. The van der Waals surface area contributed by atoms with Crippen molar-refractivity contribution < 1.29 is 22.4 Å². The number of carbonyl (C=O) groups is 2. The van der Waals surface area contributed by atoms with E-state index >= 15 is 0 Å². The number of rotatable bonds is 4. The average Bonchev–Trinajstić information content (AvgIpc) is 3.29. The highest BCUT2D eigenvalue weighted by Gasteiger charge is 2.41. The summed E-state index contributed by atoms with van der Waals surface area (Å²) in [5, 5.41) is 2.45. The van der Waals surface area contributed by atoms with E-state index in [9.17, 15) is 22.4 Å². The van der Waals surface area contributed by atoms with Crippen molar-refractivity contribution in [2.75, 3.05) is 19.6 Å². The van der Waals surface area contributed by atoms with Crippen LogP contribution in [-0.2, 0) is 14.8 Å². The van der Waals surface area contributed by atoms with Crippen molar-refractivity contribution in [3.63, 3.8) is 0 Å². The van der Waals surface area contributed by atoms with Gasteiger partial charge in [-0.1, -0.05) is 24.3 Å². The van der Waals surface area contributed by atoms with Crippen molar-refractivity contribution in [3.05, 3.63) is 54.3 Å². The summed E-state index contributed by atoms with van der Waals surface area (Å²) in [4.78, 5) is 24.9. The molecule has 7 nitrogen and oxygen atoms in total. The Morgan fingerprint density at radius 1 is 0.964 bits per heavy atom. The van der Waals surface area contributed by atoms with Gasteiger partial charge < -0.3 is 5.32 Å². The molecule has 0 aliphatic carbocycles. The quantitative estimate of drug-likeness (QED) is 0.789. The van der Waals surface area contributed by atoms with E-state index in [2.05, 4.69) is 5.32 Å². The van der Waals surface area contributed by atoms with Crippen LogP contribution < -0.4 is 5.32 Å². The van der Waals surface area contributed by atoms with E-state index < -0.39 is 22.1 Å². The molecule has 2 aromatic rings. The fraction of sp³-hybridized carbons (Fsp3) is 0.263. The van der Waals surface area contributed by atoms with Gasteiger partial charge in [0.05, 0.1) is 17.5 Å². The number of sulfonamides is 1. The van der Waals surface area contributed by atoms with Gasteiger partial charge in [-0.25, -0.2) is 17.6 Å². The number of nitrogens with zero attached hydrogens (tertiary/aromatic N) is 2. The zero-order valence-electron chi connectivity index (χ0n) is 14.8. The molecule has 0 saturated carbocycles. The van der Waals surface area contributed by atoms with Gasteiger partial charge in [0, 0.05) is 13.1 Å². The highest BCUT2D eigenvalue weighted by atomic mass is 32.2. The first-order valence-electron chi connectivity index (χ1n) is 8.82. The minimum atomic E-state index is -3.74. The lowest BCUT2D eigenvalue weighted by Gasteiger charge is -2.21. The van der Waals surface area contributed by atoms with Crippen molar-refractivity contribution in [3.8, 4) is 11.1 Å². The molecule has 1 N–H and O–H groups in total. The summed E-state index contributed by atoms with van der Waals surface area (Å²) in [5.41, 5.74) is 1.56. The van der Waals surface area contributed by atoms with Crippen molar-refractivity contribution >= 4 is 22.0 Å². The van der Waals surface area contributed by atoms with Crippen LogP contribution in [0.1, 0.15) is 6.42 Å². The largest absolute Gasteiger partial charge is 0.329 e. The number of amides is 3. The van der Waals surface area contributed by atoms with Gasteiger partial charge in [0.2, 0.25) is 15.9 Å². The highest BCUT2D eigenvalue weighted by molar-refractivity contribution is 7.89. The molecule has 28 heavy (non-hydrogen) atoms. The Morgan fingerprint density at radius 3 is 2.14 bits per heavy atom. The summed E-state index contributed by atoms with van der Waals surface area (Å²) in [6.07, 6.45) is 0.409. The van der Waals surface area contributed by atoms with Gasteiger partial charge in [-0.2, -0.15) is 4.31 Å². The Balaban J connectivity index is 1.51. The maximum Gasteiger partial charge on any atom is 0.324 e. The van der Waals surface area contributed by atoms with E-state index in [-0.39, 0.29) is 36.3 Å². The number of nitrogens with one attached hydrogen (secondary N) is 1. The first-order chi connectivity index (χ1) is 13.4. The van der Waals surface area contributed by atoms with Crippen molar-refractivity contribution in [1.29, 1.82) is 0 Å². The van der Waals surface area contributed by atoms with Crippen molar-refractivity contribution in [2.45, 2.75) is 17.4 Å². The third-order valence-electron chi connectivity index (χ3n) is 5.04. The zero-order chi connectivity index (χ0) is 19.9. The number of imide groups is 1. The Bertz CT molecular complexity index is 1010. The summed E-state index contributed by atoms with van der Waals surface area (Å²) in [5.74, 6) is -0.672. The molecule has 2 saturated heterocycles. The number of carbonyl (C=O) groups excluding carboxylic acids is 2. The third-order valence-corrected chi connectivity index (χ3v) is 6.92. The molecule has 3 amide bonds. The average molecular weight is 403 g/mol. The predicted octanol–water partition coefficient (Wildman–Crippen LogP) is 1.81. The van der Waals surface area contributed by atoms with Gasteiger partial charge >= 0.3 is 6.03 Å². The molecule has 1 unspecified atom stereocenters. The van der Waals surface area contributed by atoms with E-state index in [0.717, 1.165) is 16.0 Å². The Hall–Kier alpha value is -2.78.